The highest BCUT2D eigenvalue weighted by atomic mass is 32.2. The maximum absolute atomic E-state index is 3.71. The SMILES string of the molecule is [CH2-][NH2+]CCc1ccc(SC)cc1. The number of quaternary nitrogens is 1. The summed E-state index contributed by atoms with van der Waals surface area (Å²) in [6.07, 6.45) is 3.21. The Bertz CT molecular complexity index is 218. The Hall–Kier alpha value is -0.470. The summed E-state index contributed by atoms with van der Waals surface area (Å²) in [6.45, 7) is 1.07. The van der Waals surface area contributed by atoms with Gasteiger partial charge in [0.15, 0.2) is 0 Å². The number of benzene rings is 1. The van der Waals surface area contributed by atoms with Crippen molar-refractivity contribution >= 4 is 11.8 Å². The molecule has 0 aliphatic carbocycles. The zero-order chi connectivity index (χ0) is 8.81. The molecule has 1 aromatic carbocycles. The zero-order valence-electron chi connectivity index (χ0n) is 7.42. The van der Waals surface area contributed by atoms with E-state index in [1.165, 1.54) is 10.5 Å². The van der Waals surface area contributed by atoms with Crippen LogP contribution < -0.4 is 5.32 Å². The maximum atomic E-state index is 3.71. The van der Waals surface area contributed by atoms with Crippen molar-refractivity contribution in [3.8, 4) is 0 Å². The van der Waals surface area contributed by atoms with Gasteiger partial charge in [0, 0.05) is 11.3 Å². The minimum atomic E-state index is 1.07. The lowest BCUT2D eigenvalue weighted by Crippen LogP contribution is -2.77. The summed E-state index contributed by atoms with van der Waals surface area (Å²) in [5.41, 5.74) is 1.40. The third-order valence-corrected chi connectivity index (χ3v) is 2.54. The van der Waals surface area contributed by atoms with Gasteiger partial charge in [-0.05, 0) is 24.0 Å². The number of hydrogen-bond donors (Lipinski definition) is 1. The third-order valence-electron chi connectivity index (χ3n) is 1.80. The van der Waals surface area contributed by atoms with Gasteiger partial charge in [0.1, 0.15) is 0 Å². The quantitative estimate of drug-likeness (QED) is 0.547. The van der Waals surface area contributed by atoms with E-state index in [0.29, 0.717) is 0 Å². The molecule has 0 fully saturated rings. The molecule has 0 aliphatic heterocycles. The molecule has 0 aliphatic rings. The van der Waals surface area contributed by atoms with Gasteiger partial charge in [0.05, 0.1) is 6.54 Å². The lowest BCUT2D eigenvalue weighted by atomic mass is 10.1. The molecule has 0 bridgehead atoms. The van der Waals surface area contributed by atoms with Gasteiger partial charge in [-0.1, -0.05) is 12.1 Å². The number of hydrogen-bond acceptors (Lipinski definition) is 1. The van der Waals surface area contributed by atoms with E-state index in [2.05, 4.69) is 37.6 Å². The maximum Gasteiger partial charge on any atom is 0.0556 e. The van der Waals surface area contributed by atoms with Gasteiger partial charge in [-0.25, -0.2) is 0 Å². The summed E-state index contributed by atoms with van der Waals surface area (Å²) in [4.78, 5) is 1.33. The number of thioether (sulfide) groups is 1. The highest BCUT2D eigenvalue weighted by Gasteiger charge is 1.92. The average Bonchev–Trinajstić information content (AvgIpc) is 2.15. The molecule has 66 valence electrons. The van der Waals surface area contributed by atoms with Crippen molar-refractivity contribution in [2.45, 2.75) is 11.3 Å². The summed E-state index contributed by atoms with van der Waals surface area (Å²) >= 11 is 1.78. The Morgan fingerprint density at radius 2 is 2.00 bits per heavy atom. The lowest BCUT2D eigenvalue weighted by Gasteiger charge is -2.01. The Morgan fingerprint density at radius 3 is 2.50 bits per heavy atom. The van der Waals surface area contributed by atoms with Crippen molar-refractivity contribution < 1.29 is 5.32 Å². The normalized spacial score (nSPS) is 10.2. The van der Waals surface area contributed by atoms with E-state index in [-0.39, 0.29) is 0 Å². The van der Waals surface area contributed by atoms with Crippen LogP contribution in [0.5, 0.6) is 0 Å². The third kappa shape index (κ3) is 2.88. The van der Waals surface area contributed by atoms with Crippen LogP contribution in [0, 0.1) is 7.05 Å². The highest BCUT2D eigenvalue weighted by Crippen LogP contribution is 2.14. The second kappa shape index (κ2) is 5.22. The van der Waals surface area contributed by atoms with E-state index in [0.717, 1.165) is 13.0 Å². The molecular formula is C10H15NS. The molecule has 0 aromatic heterocycles. The summed E-state index contributed by atoms with van der Waals surface area (Å²) in [6, 6.07) is 8.72. The summed E-state index contributed by atoms with van der Waals surface area (Å²) in [7, 11) is 3.71. The van der Waals surface area contributed by atoms with Gasteiger partial charge < -0.3 is 5.32 Å². The van der Waals surface area contributed by atoms with Gasteiger partial charge in [-0.15, -0.1) is 11.8 Å². The second-order valence-corrected chi connectivity index (χ2v) is 3.56. The first-order valence-electron chi connectivity index (χ1n) is 4.10. The molecule has 0 unspecified atom stereocenters. The van der Waals surface area contributed by atoms with Crippen LogP contribution in [-0.2, 0) is 6.42 Å². The molecule has 0 amide bonds. The van der Waals surface area contributed by atoms with E-state index in [1.54, 1.807) is 11.8 Å². The molecule has 1 aromatic rings. The molecule has 0 heterocycles. The van der Waals surface area contributed by atoms with Crippen LogP contribution in [0.2, 0.25) is 0 Å². The van der Waals surface area contributed by atoms with Crippen LogP contribution in [0.3, 0.4) is 0 Å². The summed E-state index contributed by atoms with van der Waals surface area (Å²) < 4.78 is 0. The fourth-order valence-electron chi connectivity index (χ4n) is 1.06. The Kier molecular flexibility index (Phi) is 4.19. The van der Waals surface area contributed by atoms with Crippen molar-refractivity contribution in [2.24, 2.45) is 0 Å². The monoisotopic (exact) mass is 181 g/mol. The van der Waals surface area contributed by atoms with Crippen LogP contribution in [0.1, 0.15) is 5.56 Å². The fourth-order valence-corrected chi connectivity index (χ4v) is 1.47. The smallest absolute Gasteiger partial charge is 0.0556 e. The van der Waals surface area contributed by atoms with Crippen molar-refractivity contribution in [2.75, 3.05) is 12.8 Å². The van der Waals surface area contributed by atoms with Gasteiger partial charge in [-0.3, -0.25) is 0 Å². The Balaban J connectivity index is 2.53. The standard InChI is InChI=1S/C10H15NS/c1-11-8-7-9-3-5-10(12-2)6-4-9/h3-6H,1,7-8,11H2,2H3. The van der Waals surface area contributed by atoms with Crippen LogP contribution in [0.4, 0.5) is 0 Å². The Labute approximate surface area is 78.6 Å². The predicted octanol–water partition coefficient (Wildman–Crippen LogP) is 1.31. The molecule has 1 rings (SSSR count). The molecule has 2 heteroatoms. The minimum absolute atomic E-state index is 1.07. The average molecular weight is 181 g/mol. The van der Waals surface area contributed by atoms with E-state index >= 15 is 0 Å². The number of rotatable bonds is 4. The van der Waals surface area contributed by atoms with Gasteiger partial charge in [0.2, 0.25) is 0 Å². The van der Waals surface area contributed by atoms with Crippen LogP contribution in [-0.4, -0.2) is 12.8 Å². The molecule has 0 atom stereocenters. The summed E-state index contributed by atoms with van der Waals surface area (Å²) in [5.74, 6) is 0. The van der Waals surface area contributed by atoms with Crippen molar-refractivity contribution in [1.82, 2.24) is 0 Å². The fraction of sp³-hybridized carbons (Fsp3) is 0.300. The molecule has 1 nitrogen and oxygen atoms in total. The molecule has 12 heavy (non-hydrogen) atoms. The first-order chi connectivity index (χ1) is 5.86. The van der Waals surface area contributed by atoms with E-state index < -0.39 is 0 Å². The van der Waals surface area contributed by atoms with Crippen molar-refractivity contribution in [1.29, 1.82) is 0 Å². The molecule has 0 saturated heterocycles. The molecular weight excluding hydrogens is 166 g/mol. The Morgan fingerprint density at radius 1 is 1.33 bits per heavy atom. The predicted molar refractivity (Wildman–Crippen MR) is 54.1 cm³/mol. The van der Waals surface area contributed by atoms with Crippen LogP contribution >= 0.6 is 11.8 Å². The van der Waals surface area contributed by atoms with Crippen LogP contribution in [0.15, 0.2) is 29.2 Å². The van der Waals surface area contributed by atoms with E-state index in [9.17, 15) is 0 Å². The first kappa shape index (κ1) is 9.62. The van der Waals surface area contributed by atoms with E-state index in [4.69, 9.17) is 0 Å². The van der Waals surface area contributed by atoms with Crippen molar-refractivity contribution in [3.05, 3.63) is 36.9 Å². The van der Waals surface area contributed by atoms with Crippen molar-refractivity contribution in [3.63, 3.8) is 0 Å². The largest absolute Gasteiger partial charge is 0.479 e. The highest BCUT2D eigenvalue weighted by molar-refractivity contribution is 7.98. The minimum Gasteiger partial charge on any atom is -0.479 e. The van der Waals surface area contributed by atoms with Gasteiger partial charge in [0.25, 0.3) is 0 Å². The second-order valence-electron chi connectivity index (χ2n) is 2.68. The van der Waals surface area contributed by atoms with Crippen LogP contribution in [0.25, 0.3) is 0 Å². The molecule has 0 spiro atoms. The molecule has 2 N–H and O–H groups in total. The summed E-state index contributed by atoms with van der Waals surface area (Å²) in [5, 5.41) is 1.96. The van der Waals surface area contributed by atoms with Gasteiger partial charge >= 0.3 is 0 Å². The lowest BCUT2D eigenvalue weighted by molar-refractivity contribution is -0.594. The topological polar surface area (TPSA) is 16.6 Å². The molecule has 0 radical (unpaired) electrons. The van der Waals surface area contributed by atoms with Gasteiger partial charge in [-0.2, -0.15) is 7.05 Å². The molecule has 0 saturated carbocycles. The zero-order valence-corrected chi connectivity index (χ0v) is 8.23. The number of nitrogens with two attached hydrogens (primary N) is 1. The van der Waals surface area contributed by atoms with E-state index in [1.807, 2.05) is 5.32 Å². The first-order valence-corrected chi connectivity index (χ1v) is 5.33.